The number of carbonyl (C=O) groups excluding carboxylic acids is 1. The Morgan fingerprint density at radius 1 is 1.00 bits per heavy atom. The molecule has 1 fully saturated rings. The van der Waals surface area contributed by atoms with Gasteiger partial charge in [-0.1, -0.05) is 0 Å². The molecule has 0 bridgehead atoms. The summed E-state index contributed by atoms with van der Waals surface area (Å²) < 4.78 is 22.2. The zero-order chi connectivity index (χ0) is 22.5. The summed E-state index contributed by atoms with van der Waals surface area (Å²) in [6.07, 6.45) is 5.03. The van der Waals surface area contributed by atoms with Crippen LogP contribution in [-0.2, 0) is 0 Å². The minimum Gasteiger partial charge on any atom is -0.493 e. The zero-order valence-electron chi connectivity index (χ0n) is 18.3. The average molecular weight is 438 g/mol. The highest BCUT2D eigenvalue weighted by atomic mass is 16.5. The number of piperidine rings is 1. The molecule has 0 radical (unpaired) electrons. The molecule has 1 amide bonds. The number of likely N-dealkylation sites (tertiary alicyclic amines) is 1. The lowest BCUT2D eigenvalue weighted by Gasteiger charge is -2.31. The van der Waals surface area contributed by atoms with Crippen LogP contribution >= 0.6 is 0 Å². The Morgan fingerprint density at radius 3 is 2.25 bits per heavy atom. The fraction of sp³-hybridized carbons (Fsp3) is 0.348. The van der Waals surface area contributed by atoms with Crippen LogP contribution in [0.5, 0.6) is 23.0 Å². The van der Waals surface area contributed by atoms with Crippen LogP contribution in [0, 0.1) is 0 Å². The van der Waals surface area contributed by atoms with Crippen molar-refractivity contribution >= 4 is 5.91 Å². The molecule has 1 aliphatic rings. The number of aromatic amines is 1. The molecule has 9 heteroatoms. The highest BCUT2D eigenvalue weighted by Crippen LogP contribution is 2.40. The molecular formula is C23H26N4O5. The van der Waals surface area contributed by atoms with Crippen LogP contribution in [0.4, 0.5) is 0 Å². The molecule has 32 heavy (non-hydrogen) atoms. The Morgan fingerprint density at radius 2 is 1.66 bits per heavy atom. The molecule has 1 saturated heterocycles. The van der Waals surface area contributed by atoms with Gasteiger partial charge in [0.2, 0.25) is 5.75 Å². The summed E-state index contributed by atoms with van der Waals surface area (Å²) in [4.78, 5) is 18.8. The fourth-order valence-electron chi connectivity index (χ4n) is 3.76. The van der Waals surface area contributed by atoms with E-state index in [0.717, 1.165) is 24.2 Å². The third kappa shape index (κ3) is 4.46. The molecule has 0 atom stereocenters. The smallest absolute Gasteiger partial charge is 0.271 e. The van der Waals surface area contributed by atoms with Crippen LogP contribution in [0.3, 0.4) is 0 Å². The Balaban J connectivity index is 1.43. The maximum atomic E-state index is 13.0. The van der Waals surface area contributed by atoms with Gasteiger partial charge < -0.3 is 23.8 Å². The zero-order valence-corrected chi connectivity index (χ0v) is 18.3. The maximum Gasteiger partial charge on any atom is 0.271 e. The predicted octanol–water partition coefficient (Wildman–Crippen LogP) is 3.18. The molecule has 3 heterocycles. The molecule has 0 saturated carbocycles. The van der Waals surface area contributed by atoms with Gasteiger partial charge in [-0.2, -0.15) is 5.10 Å². The fourth-order valence-corrected chi connectivity index (χ4v) is 3.76. The lowest BCUT2D eigenvalue weighted by atomic mass is 10.1. The summed E-state index contributed by atoms with van der Waals surface area (Å²) in [6, 6.07) is 9.02. The van der Waals surface area contributed by atoms with Gasteiger partial charge in [0, 0.05) is 43.9 Å². The van der Waals surface area contributed by atoms with Crippen molar-refractivity contribution in [3.05, 3.63) is 48.4 Å². The van der Waals surface area contributed by atoms with E-state index in [2.05, 4.69) is 15.2 Å². The first kappa shape index (κ1) is 21.5. The van der Waals surface area contributed by atoms with Crippen molar-refractivity contribution in [1.82, 2.24) is 20.1 Å². The molecule has 0 aliphatic carbocycles. The number of ether oxygens (including phenoxy) is 4. The largest absolute Gasteiger partial charge is 0.493 e. The molecule has 9 nitrogen and oxygen atoms in total. The van der Waals surface area contributed by atoms with Crippen LogP contribution in [0.15, 0.2) is 42.7 Å². The summed E-state index contributed by atoms with van der Waals surface area (Å²) in [5.74, 6) is 2.26. The number of amides is 1. The Hall–Kier alpha value is -3.75. The summed E-state index contributed by atoms with van der Waals surface area (Å²) in [6.45, 7) is 1.24. The lowest BCUT2D eigenvalue weighted by Crippen LogP contribution is -2.41. The monoisotopic (exact) mass is 438 g/mol. The first-order valence-electron chi connectivity index (χ1n) is 10.3. The SMILES string of the molecule is COc1cc(-c2cc(C(=O)N3CCC(Oc4ccncc4)CC3)[nH]n2)cc(OC)c1OC. The van der Waals surface area contributed by atoms with Crippen molar-refractivity contribution in [1.29, 1.82) is 0 Å². The standard InChI is InChI=1S/C23H26N4O5/c1-29-20-12-15(13-21(30-2)22(20)31-3)18-14-19(26-25-18)23(28)27-10-6-17(7-11-27)32-16-4-8-24-9-5-16/h4-5,8-9,12-14,17H,6-7,10-11H2,1-3H3,(H,25,26). The van der Waals surface area contributed by atoms with E-state index in [1.807, 2.05) is 17.0 Å². The van der Waals surface area contributed by atoms with E-state index in [0.29, 0.717) is 41.7 Å². The van der Waals surface area contributed by atoms with Crippen LogP contribution in [0.25, 0.3) is 11.3 Å². The minimum atomic E-state index is -0.0847. The molecule has 1 N–H and O–H groups in total. The van der Waals surface area contributed by atoms with Gasteiger partial charge >= 0.3 is 0 Å². The van der Waals surface area contributed by atoms with E-state index in [1.54, 1.807) is 51.9 Å². The third-order valence-corrected chi connectivity index (χ3v) is 5.45. The number of hydrogen-bond acceptors (Lipinski definition) is 7. The summed E-state index contributed by atoms with van der Waals surface area (Å²) >= 11 is 0. The summed E-state index contributed by atoms with van der Waals surface area (Å²) in [5.41, 5.74) is 1.80. The van der Waals surface area contributed by atoms with Gasteiger partial charge in [0.15, 0.2) is 11.5 Å². The molecule has 0 spiro atoms. The van der Waals surface area contributed by atoms with E-state index in [9.17, 15) is 4.79 Å². The first-order valence-corrected chi connectivity index (χ1v) is 10.3. The van der Waals surface area contributed by atoms with Gasteiger partial charge in [0.25, 0.3) is 5.91 Å². The molecule has 168 valence electrons. The number of H-pyrrole nitrogens is 1. The maximum absolute atomic E-state index is 13.0. The number of carbonyl (C=O) groups is 1. The number of pyridine rings is 1. The normalized spacial score (nSPS) is 14.2. The number of nitrogens with one attached hydrogen (secondary N) is 1. The molecule has 1 aromatic carbocycles. The Labute approximate surface area is 186 Å². The second-order valence-corrected chi connectivity index (χ2v) is 7.37. The second kappa shape index (κ2) is 9.59. The van der Waals surface area contributed by atoms with Gasteiger partial charge in [-0.25, -0.2) is 0 Å². The lowest BCUT2D eigenvalue weighted by molar-refractivity contribution is 0.0590. The Kier molecular flexibility index (Phi) is 6.44. The highest BCUT2D eigenvalue weighted by molar-refractivity contribution is 5.93. The second-order valence-electron chi connectivity index (χ2n) is 7.37. The van der Waals surface area contributed by atoms with Gasteiger partial charge in [-0.3, -0.25) is 14.9 Å². The van der Waals surface area contributed by atoms with E-state index < -0.39 is 0 Å². The highest BCUT2D eigenvalue weighted by Gasteiger charge is 2.26. The molecule has 0 unspecified atom stereocenters. The van der Waals surface area contributed by atoms with E-state index >= 15 is 0 Å². The van der Waals surface area contributed by atoms with Crippen LogP contribution < -0.4 is 18.9 Å². The average Bonchev–Trinajstić information content (AvgIpc) is 3.34. The van der Waals surface area contributed by atoms with Gasteiger partial charge in [-0.15, -0.1) is 0 Å². The van der Waals surface area contributed by atoms with Crippen molar-refractivity contribution in [2.24, 2.45) is 0 Å². The van der Waals surface area contributed by atoms with Gasteiger partial charge in [0.05, 0.1) is 27.0 Å². The van der Waals surface area contributed by atoms with Crippen molar-refractivity contribution in [3.8, 4) is 34.3 Å². The van der Waals surface area contributed by atoms with Gasteiger partial charge in [0.1, 0.15) is 17.5 Å². The van der Waals surface area contributed by atoms with Crippen LogP contribution in [0.1, 0.15) is 23.3 Å². The number of methoxy groups -OCH3 is 3. The topological polar surface area (TPSA) is 98.8 Å². The number of aromatic nitrogens is 3. The molecule has 3 aromatic rings. The number of rotatable bonds is 7. The summed E-state index contributed by atoms with van der Waals surface area (Å²) in [5, 5.41) is 7.19. The number of nitrogens with zero attached hydrogens (tertiary/aromatic N) is 3. The summed E-state index contributed by atoms with van der Waals surface area (Å²) in [7, 11) is 4.67. The third-order valence-electron chi connectivity index (χ3n) is 5.45. The van der Waals surface area contributed by atoms with E-state index in [-0.39, 0.29) is 12.0 Å². The van der Waals surface area contributed by atoms with Crippen LogP contribution in [-0.4, -0.2) is 66.5 Å². The van der Waals surface area contributed by atoms with Crippen LogP contribution in [0.2, 0.25) is 0 Å². The molecule has 1 aliphatic heterocycles. The van der Waals surface area contributed by atoms with Crippen molar-refractivity contribution in [3.63, 3.8) is 0 Å². The van der Waals surface area contributed by atoms with Gasteiger partial charge in [-0.05, 0) is 30.3 Å². The number of benzene rings is 1. The van der Waals surface area contributed by atoms with E-state index in [1.165, 1.54) is 0 Å². The molecule has 2 aromatic heterocycles. The molecule has 4 rings (SSSR count). The Bertz CT molecular complexity index is 1040. The van der Waals surface area contributed by atoms with Crippen molar-refractivity contribution < 1.29 is 23.7 Å². The quantitative estimate of drug-likeness (QED) is 0.605. The van der Waals surface area contributed by atoms with E-state index in [4.69, 9.17) is 18.9 Å². The minimum absolute atomic E-state index is 0.0815. The molecular weight excluding hydrogens is 412 g/mol. The number of hydrogen-bond donors (Lipinski definition) is 1. The van der Waals surface area contributed by atoms with Crippen molar-refractivity contribution in [2.45, 2.75) is 18.9 Å². The first-order chi connectivity index (χ1) is 15.6. The van der Waals surface area contributed by atoms with Crippen molar-refractivity contribution in [2.75, 3.05) is 34.4 Å². The predicted molar refractivity (Wildman–Crippen MR) is 117 cm³/mol.